The number of fused-ring (bicyclic) bond motifs is 1. The fourth-order valence-corrected chi connectivity index (χ4v) is 3.32. The molecule has 36 heavy (non-hydrogen) atoms. The number of ether oxygens (including phenoxy) is 2. The number of halogens is 6. The zero-order valence-electron chi connectivity index (χ0n) is 18.3. The summed E-state index contributed by atoms with van der Waals surface area (Å²) in [6.45, 7) is 0.376. The van der Waals surface area contributed by atoms with Crippen LogP contribution in [0.25, 0.3) is 28.2 Å². The summed E-state index contributed by atoms with van der Waals surface area (Å²) in [6, 6.07) is 7.70. The fourth-order valence-electron chi connectivity index (χ4n) is 3.32. The molecule has 4 N–H and O–H groups in total. The first-order valence-electron chi connectivity index (χ1n) is 10.4. The number of nitrogens with zero attached hydrogens (tertiary/aromatic N) is 4. The Morgan fingerprint density at radius 3 is 2.36 bits per heavy atom. The standard InChI is InChI=1S/C22H18F6N6O2/c23-21(24,25)14-8-13(10-32-20(14)30)16-11-31-19-5-3-15(33-34(16)19)12-2-4-17(35-7-1-6-29)18(9-12)36-22(26,27)28/h2-5,8-11H,1,6-7,29H2,(H2,30,32). The van der Waals surface area contributed by atoms with Crippen molar-refractivity contribution < 1.29 is 35.8 Å². The molecule has 4 aromatic rings. The molecule has 0 aliphatic carbocycles. The lowest BCUT2D eigenvalue weighted by Gasteiger charge is -2.15. The van der Waals surface area contributed by atoms with Crippen LogP contribution in [0.5, 0.6) is 11.5 Å². The van der Waals surface area contributed by atoms with Gasteiger partial charge in [0.05, 0.1) is 29.8 Å². The first-order chi connectivity index (χ1) is 17.0. The number of rotatable bonds is 7. The highest BCUT2D eigenvalue weighted by molar-refractivity contribution is 5.68. The first-order valence-corrected chi connectivity index (χ1v) is 10.4. The Bertz CT molecular complexity index is 1390. The molecule has 1 aromatic carbocycles. The predicted octanol–water partition coefficient (Wildman–Crippen LogP) is 4.69. The molecule has 190 valence electrons. The summed E-state index contributed by atoms with van der Waals surface area (Å²) in [5.41, 5.74) is 10.6. The van der Waals surface area contributed by atoms with E-state index in [2.05, 4.69) is 19.8 Å². The molecule has 0 fully saturated rings. The van der Waals surface area contributed by atoms with Crippen LogP contribution >= 0.6 is 0 Å². The van der Waals surface area contributed by atoms with E-state index in [1.54, 1.807) is 0 Å². The van der Waals surface area contributed by atoms with E-state index in [1.165, 1.54) is 35.0 Å². The largest absolute Gasteiger partial charge is 0.573 e. The molecule has 0 unspecified atom stereocenters. The number of alkyl halides is 6. The summed E-state index contributed by atoms with van der Waals surface area (Å²) in [5.74, 6) is -1.40. The van der Waals surface area contributed by atoms with Gasteiger partial charge in [-0.1, -0.05) is 0 Å². The van der Waals surface area contributed by atoms with Crippen molar-refractivity contribution in [3.63, 3.8) is 0 Å². The Labute approximate surface area is 199 Å². The van der Waals surface area contributed by atoms with E-state index in [9.17, 15) is 26.3 Å². The smallest absolute Gasteiger partial charge is 0.490 e. The minimum Gasteiger partial charge on any atom is -0.490 e. The van der Waals surface area contributed by atoms with Gasteiger partial charge in [0.1, 0.15) is 5.82 Å². The van der Waals surface area contributed by atoms with Crippen LogP contribution in [0.1, 0.15) is 12.0 Å². The van der Waals surface area contributed by atoms with Crippen LogP contribution in [-0.4, -0.2) is 39.1 Å². The van der Waals surface area contributed by atoms with E-state index >= 15 is 0 Å². The van der Waals surface area contributed by atoms with Gasteiger partial charge in [0.15, 0.2) is 17.1 Å². The molecule has 0 bridgehead atoms. The van der Waals surface area contributed by atoms with Gasteiger partial charge in [-0.2, -0.15) is 18.3 Å². The molecular weight excluding hydrogens is 494 g/mol. The van der Waals surface area contributed by atoms with Gasteiger partial charge in [0, 0.05) is 17.3 Å². The van der Waals surface area contributed by atoms with Crippen molar-refractivity contribution in [3.05, 3.63) is 54.4 Å². The number of benzene rings is 1. The van der Waals surface area contributed by atoms with Crippen molar-refractivity contribution in [2.24, 2.45) is 5.73 Å². The molecular formula is C22H18F6N6O2. The third kappa shape index (κ3) is 5.43. The fraction of sp³-hybridized carbons (Fsp3) is 0.227. The highest BCUT2D eigenvalue weighted by Crippen LogP contribution is 2.37. The van der Waals surface area contributed by atoms with Crippen molar-refractivity contribution in [2.45, 2.75) is 19.0 Å². The summed E-state index contributed by atoms with van der Waals surface area (Å²) < 4.78 is 89.5. The molecule has 14 heteroatoms. The normalized spacial score (nSPS) is 12.2. The topological polar surface area (TPSA) is 114 Å². The summed E-state index contributed by atoms with van der Waals surface area (Å²) in [7, 11) is 0. The summed E-state index contributed by atoms with van der Waals surface area (Å²) in [6.07, 6.45) is -6.84. The molecule has 0 aliphatic rings. The maximum absolute atomic E-state index is 13.3. The van der Waals surface area contributed by atoms with E-state index in [0.29, 0.717) is 13.0 Å². The average molecular weight is 512 g/mol. The number of nitrogen functional groups attached to an aromatic ring is 1. The van der Waals surface area contributed by atoms with Crippen LogP contribution in [0.2, 0.25) is 0 Å². The molecule has 0 saturated heterocycles. The molecule has 0 spiro atoms. The number of anilines is 1. The van der Waals surface area contributed by atoms with Gasteiger partial charge >= 0.3 is 12.5 Å². The molecule has 0 aliphatic heterocycles. The van der Waals surface area contributed by atoms with E-state index in [4.69, 9.17) is 16.2 Å². The lowest BCUT2D eigenvalue weighted by atomic mass is 10.1. The second kappa shape index (κ2) is 9.53. The Kier molecular flexibility index (Phi) is 6.63. The van der Waals surface area contributed by atoms with Crippen LogP contribution in [0.3, 0.4) is 0 Å². The van der Waals surface area contributed by atoms with E-state index < -0.39 is 29.7 Å². The molecule has 3 heterocycles. The Morgan fingerprint density at radius 2 is 1.67 bits per heavy atom. The molecule has 3 aromatic heterocycles. The monoisotopic (exact) mass is 512 g/mol. The second-order valence-corrected chi connectivity index (χ2v) is 7.49. The van der Waals surface area contributed by atoms with Gasteiger partial charge in [-0.05, 0) is 49.4 Å². The number of nitrogens with two attached hydrogens (primary N) is 2. The highest BCUT2D eigenvalue weighted by Gasteiger charge is 2.34. The Balaban J connectivity index is 1.76. The van der Waals surface area contributed by atoms with E-state index in [-0.39, 0.29) is 40.5 Å². The van der Waals surface area contributed by atoms with Crippen molar-refractivity contribution >= 4 is 11.5 Å². The van der Waals surface area contributed by atoms with Crippen LogP contribution in [-0.2, 0) is 6.18 Å². The van der Waals surface area contributed by atoms with Crippen molar-refractivity contribution in [2.75, 3.05) is 18.9 Å². The van der Waals surface area contributed by atoms with E-state index in [0.717, 1.165) is 18.3 Å². The predicted molar refractivity (Wildman–Crippen MR) is 117 cm³/mol. The van der Waals surface area contributed by atoms with E-state index in [1.807, 2.05) is 0 Å². The van der Waals surface area contributed by atoms with Crippen LogP contribution < -0.4 is 20.9 Å². The third-order valence-electron chi connectivity index (χ3n) is 4.95. The maximum Gasteiger partial charge on any atom is 0.573 e. The molecule has 0 amide bonds. The van der Waals surface area contributed by atoms with Crippen LogP contribution in [0.15, 0.2) is 48.8 Å². The number of imidazole rings is 1. The lowest BCUT2D eigenvalue weighted by Crippen LogP contribution is -2.18. The van der Waals surface area contributed by atoms with Gasteiger partial charge < -0.3 is 20.9 Å². The number of pyridine rings is 1. The van der Waals surface area contributed by atoms with Gasteiger partial charge in [-0.15, -0.1) is 13.2 Å². The third-order valence-corrected chi connectivity index (χ3v) is 4.95. The molecule has 8 nitrogen and oxygen atoms in total. The van der Waals surface area contributed by atoms with Crippen LogP contribution in [0, 0.1) is 0 Å². The van der Waals surface area contributed by atoms with Gasteiger partial charge in [-0.3, -0.25) is 0 Å². The first kappa shape index (κ1) is 25.0. The SMILES string of the molecule is NCCCOc1ccc(-c2ccc3ncc(-c4cnc(N)c(C(F)(F)F)c4)n3n2)cc1OC(F)(F)F. The second-order valence-electron chi connectivity index (χ2n) is 7.49. The summed E-state index contributed by atoms with van der Waals surface area (Å²) >= 11 is 0. The average Bonchev–Trinajstić information content (AvgIpc) is 3.22. The van der Waals surface area contributed by atoms with Crippen molar-refractivity contribution in [1.82, 2.24) is 19.6 Å². The van der Waals surface area contributed by atoms with Gasteiger partial charge in [0.2, 0.25) is 0 Å². The van der Waals surface area contributed by atoms with Gasteiger partial charge in [-0.25, -0.2) is 14.5 Å². The number of aromatic nitrogens is 4. The molecule has 4 rings (SSSR count). The Morgan fingerprint density at radius 1 is 0.889 bits per heavy atom. The van der Waals surface area contributed by atoms with Crippen LogP contribution in [0.4, 0.5) is 32.2 Å². The quantitative estimate of drug-likeness (QED) is 0.273. The van der Waals surface area contributed by atoms with Crippen molar-refractivity contribution in [3.8, 4) is 34.0 Å². The zero-order chi connectivity index (χ0) is 26.1. The Hall–Kier alpha value is -4.07. The molecule has 0 atom stereocenters. The number of hydrogen-bond acceptors (Lipinski definition) is 7. The lowest BCUT2D eigenvalue weighted by molar-refractivity contribution is -0.275. The zero-order valence-corrected chi connectivity index (χ0v) is 18.3. The summed E-state index contributed by atoms with van der Waals surface area (Å²) in [5, 5.41) is 4.36. The molecule has 0 saturated carbocycles. The maximum atomic E-state index is 13.3. The summed E-state index contributed by atoms with van der Waals surface area (Å²) in [4.78, 5) is 7.74. The minimum atomic E-state index is -4.97. The van der Waals surface area contributed by atoms with Gasteiger partial charge in [0.25, 0.3) is 0 Å². The number of hydrogen-bond donors (Lipinski definition) is 2. The highest BCUT2D eigenvalue weighted by atomic mass is 19.4. The molecule has 0 radical (unpaired) electrons. The van der Waals surface area contributed by atoms with Crippen molar-refractivity contribution in [1.29, 1.82) is 0 Å². The minimum absolute atomic E-state index is 0.0402.